The van der Waals surface area contributed by atoms with E-state index in [1.807, 2.05) is 30.3 Å². The summed E-state index contributed by atoms with van der Waals surface area (Å²) in [4.78, 5) is 8.70. The summed E-state index contributed by atoms with van der Waals surface area (Å²) in [6.45, 7) is 2.17. The normalized spacial score (nSPS) is 12.1. The van der Waals surface area contributed by atoms with E-state index in [0.29, 0.717) is 24.1 Å². The minimum Gasteiger partial charge on any atom is -0.392 e. The molecular formula is C18H20N4O2. The number of rotatable bonds is 7. The van der Waals surface area contributed by atoms with E-state index in [1.165, 1.54) is 5.56 Å². The van der Waals surface area contributed by atoms with Crippen LogP contribution >= 0.6 is 0 Å². The van der Waals surface area contributed by atoms with E-state index in [-0.39, 0.29) is 0 Å². The minimum atomic E-state index is -0.422. The van der Waals surface area contributed by atoms with E-state index in [0.717, 1.165) is 18.4 Å². The smallest absolute Gasteiger partial charge is 0.259 e. The van der Waals surface area contributed by atoms with Crippen LogP contribution in [0.4, 0.5) is 5.82 Å². The zero-order chi connectivity index (χ0) is 16.8. The van der Waals surface area contributed by atoms with Crippen molar-refractivity contribution in [2.75, 3.05) is 11.9 Å². The molecule has 0 amide bonds. The van der Waals surface area contributed by atoms with Crippen LogP contribution in [0.1, 0.15) is 18.3 Å². The SMILES string of the molecule is CC(O)CNc1ccc(-c2nc(CCc3ccccc3)no2)cn1. The van der Waals surface area contributed by atoms with Crippen molar-refractivity contribution < 1.29 is 9.63 Å². The number of benzene rings is 1. The fourth-order valence-electron chi connectivity index (χ4n) is 2.25. The first-order chi connectivity index (χ1) is 11.7. The molecule has 3 aromatic rings. The van der Waals surface area contributed by atoms with Gasteiger partial charge in [0.25, 0.3) is 5.89 Å². The Morgan fingerprint density at radius 3 is 2.67 bits per heavy atom. The number of nitrogens with zero attached hydrogens (tertiary/aromatic N) is 3. The summed E-state index contributed by atoms with van der Waals surface area (Å²) in [5, 5.41) is 16.3. The van der Waals surface area contributed by atoms with Crippen molar-refractivity contribution in [3.05, 3.63) is 60.0 Å². The van der Waals surface area contributed by atoms with E-state index in [1.54, 1.807) is 13.1 Å². The van der Waals surface area contributed by atoms with Gasteiger partial charge in [0.1, 0.15) is 5.82 Å². The maximum absolute atomic E-state index is 9.26. The predicted octanol–water partition coefficient (Wildman–Crippen LogP) is 2.71. The zero-order valence-electron chi connectivity index (χ0n) is 13.5. The number of aliphatic hydroxyl groups excluding tert-OH is 1. The summed E-state index contributed by atoms with van der Waals surface area (Å²) >= 11 is 0. The number of aryl methyl sites for hydroxylation is 2. The molecular weight excluding hydrogens is 304 g/mol. The highest BCUT2D eigenvalue weighted by Gasteiger charge is 2.09. The molecule has 0 fully saturated rings. The molecule has 1 atom stereocenters. The number of anilines is 1. The van der Waals surface area contributed by atoms with Crippen LogP contribution in [-0.4, -0.2) is 32.9 Å². The van der Waals surface area contributed by atoms with Crippen LogP contribution in [0.15, 0.2) is 53.2 Å². The highest BCUT2D eigenvalue weighted by atomic mass is 16.5. The van der Waals surface area contributed by atoms with Crippen LogP contribution < -0.4 is 5.32 Å². The molecule has 24 heavy (non-hydrogen) atoms. The lowest BCUT2D eigenvalue weighted by Gasteiger charge is -2.07. The molecule has 1 aromatic carbocycles. The van der Waals surface area contributed by atoms with Crippen molar-refractivity contribution in [2.24, 2.45) is 0 Å². The van der Waals surface area contributed by atoms with Gasteiger partial charge < -0.3 is 14.9 Å². The number of aromatic nitrogens is 3. The fourth-order valence-corrected chi connectivity index (χ4v) is 2.25. The Hall–Kier alpha value is -2.73. The van der Waals surface area contributed by atoms with Gasteiger partial charge in [-0.25, -0.2) is 4.98 Å². The molecule has 0 spiro atoms. The van der Waals surface area contributed by atoms with Gasteiger partial charge in [0, 0.05) is 19.2 Å². The molecule has 0 aliphatic heterocycles. The predicted molar refractivity (Wildman–Crippen MR) is 91.5 cm³/mol. The van der Waals surface area contributed by atoms with E-state index in [9.17, 15) is 5.11 Å². The molecule has 124 valence electrons. The first-order valence-corrected chi connectivity index (χ1v) is 7.95. The van der Waals surface area contributed by atoms with E-state index < -0.39 is 6.10 Å². The standard InChI is InChI=1S/C18H20N4O2/c1-13(23)11-19-16-10-8-15(12-20-16)18-21-17(22-24-18)9-7-14-5-3-2-4-6-14/h2-6,8,10,12-13,23H,7,9,11H2,1H3,(H,19,20). The van der Waals surface area contributed by atoms with Gasteiger partial charge >= 0.3 is 0 Å². The van der Waals surface area contributed by atoms with Gasteiger partial charge in [-0.2, -0.15) is 4.98 Å². The molecule has 3 rings (SSSR count). The highest BCUT2D eigenvalue weighted by molar-refractivity contribution is 5.54. The Morgan fingerprint density at radius 2 is 1.96 bits per heavy atom. The summed E-state index contributed by atoms with van der Waals surface area (Å²) in [6.07, 6.45) is 2.86. The second-order valence-corrected chi connectivity index (χ2v) is 5.66. The van der Waals surface area contributed by atoms with Gasteiger partial charge in [-0.1, -0.05) is 35.5 Å². The number of hydrogen-bond donors (Lipinski definition) is 2. The molecule has 1 unspecified atom stereocenters. The monoisotopic (exact) mass is 324 g/mol. The van der Waals surface area contributed by atoms with Gasteiger partial charge in [-0.05, 0) is 31.0 Å². The van der Waals surface area contributed by atoms with Crippen LogP contribution in [0.25, 0.3) is 11.5 Å². The Labute approximate surface area is 140 Å². The zero-order valence-corrected chi connectivity index (χ0v) is 13.5. The van der Waals surface area contributed by atoms with Crippen molar-refractivity contribution in [1.82, 2.24) is 15.1 Å². The first-order valence-electron chi connectivity index (χ1n) is 7.95. The van der Waals surface area contributed by atoms with Crippen molar-refractivity contribution in [2.45, 2.75) is 25.9 Å². The van der Waals surface area contributed by atoms with Gasteiger partial charge in [-0.3, -0.25) is 0 Å². The van der Waals surface area contributed by atoms with Crippen LogP contribution in [0.3, 0.4) is 0 Å². The molecule has 0 aliphatic carbocycles. The second-order valence-electron chi connectivity index (χ2n) is 5.66. The maximum atomic E-state index is 9.26. The summed E-state index contributed by atoms with van der Waals surface area (Å²) in [5.41, 5.74) is 2.02. The molecule has 0 saturated carbocycles. The maximum Gasteiger partial charge on any atom is 0.259 e. The van der Waals surface area contributed by atoms with Crippen LogP contribution in [0.2, 0.25) is 0 Å². The number of hydrogen-bond acceptors (Lipinski definition) is 6. The molecule has 6 nitrogen and oxygen atoms in total. The number of nitrogens with one attached hydrogen (secondary N) is 1. The molecule has 0 aliphatic rings. The Bertz CT molecular complexity index is 754. The molecule has 6 heteroatoms. The lowest BCUT2D eigenvalue weighted by atomic mass is 10.1. The number of pyridine rings is 1. The Kier molecular flexibility index (Phi) is 5.18. The van der Waals surface area contributed by atoms with Crippen molar-refractivity contribution >= 4 is 5.82 Å². The largest absolute Gasteiger partial charge is 0.392 e. The third kappa shape index (κ3) is 4.39. The molecule has 2 N–H and O–H groups in total. The Balaban J connectivity index is 1.60. The molecule has 2 heterocycles. The third-order valence-electron chi connectivity index (χ3n) is 3.54. The molecule has 0 saturated heterocycles. The summed E-state index contributed by atoms with van der Waals surface area (Å²) in [7, 11) is 0. The number of aliphatic hydroxyl groups is 1. The average molecular weight is 324 g/mol. The van der Waals surface area contributed by atoms with Crippen molar-refractivity contribution in [1.29, 1.82) is 0 Å². The minimum absolute atomic E-state index is 0.422. The lowest BCUT2D eigenvalue weighted by molar-refractivity contribution is 0.208. The van der Waals surface area contributed by atoms with E-state index >= 15 is 0 Å². The van der Waals surface area contributed by atoms with Gasteiger partial charge in [-0.15, -0.1) is 0 Å². The summed E-state index contributed by atoms with van der Waals surface area (Å²) < 4.78 is 5.32. The van der Waals surface area contributed by atoms with Crippen LogP contribution in [0, 0.1) is 0 Å². The summed E-state index contributed by atoms with van der Waals surface area (Å²) in [6, 6.07) is 13.9. The second kappa shape index (κ2) is 7.70. The third-order valence-corrected chi connectivity index (χ3v) is 3.54. The van der Waals surface area contributed by atoms with Gasteiger partial charge in [0.05, 0.1) is 11.7 Å². The summed E-state index contributed by atoms with van der Waals surface area (Å²) in [5.74, 6) is 1.85. The van der Waals surface area contributed by atoms with Gasteiger partial charge in [0.2, 0.25) is 0 Å². The first kappa shape index (κ1) is 16.1. The van der Waals surface area contributed by atoms with Crippen LogP contribution in [-0.2, 0) is 12.8 Å². The lowest BCUT2D eigenvalue weighted by Crippen LogP contribution is -2.15. The van der Waals surface area contributed by atoms with Crippen molar-refractivity contribution in [3.8, 4) is 11.5 Å². The Morgan fingerprint density at radius 1 is 1.12 bits per heavy atom. The van der Waals surface area contributed by atoms with E-state index in [2.05, 4.69) is 32.6 Å². The topological polar surface area (TPSA) is 84.1 Å². The molecule has 2 aromatic heterocycles. The average Bonchev–Trinajstić information content (AvgIpc) is 3.08. The van der Waals surface area contributed by atoms with Gasteiger partial charge in [0.15, 0.2) is 5.82 Å². The highest BCUT2D eigenvalue weighted by Crippen LogP contribution is 2.18. The molecule has 0 radical (unpaired) electrons. The molecule has 0 bridgehead atoms. The van der Waals surface area contributed by atoms with Crippen molar-refractivity contribution in [3.63, 3.8) is 0 Å². The quantitative estimate of drug-likeness (QED) is 0.695. The van der Waals surface area contributed by atoms with Crippen LogP contribution in [0.5, 0.6) is 0 Å². The fraction of sp³-hybridized carbons (Fsp3) is 0.278. The van der Waals surface area contributed by atoms with E-state index in [4.69, 9.17) is 4.52 Å².